The molecule has 1 aromatic heterocycles. The number of amides is 1. The van der Waals surface area contributed by atoms with Gasteiger partial charge in [0.05, 0.1) is 24.5 Å². The van der Waals surface area contributed by atoms with Crippen molar-refractivity contribution in [3.8, 4) is 0 Å². The summed E-state index contributed by atoms with van der Waals surface area (Å²) in [6, 6.07) is 1.92. The SMILES string of the molecule is COCC1CCCN1C(=O)c1ccoc1. The first-order chi connectivity index (χ1) is 7.33. The van der Waals surface area contributed by atoms with Crippen LogP contribution in [0.5, 0.6) is 0 Å². The molecule has 0 spiro atoms. The fourth-order valence-corrected chi connectivity index (χ4v) is 2.02. The number of likely N-dealkylation sites (tertiary alicyclic amines) is 1. The van der Waals surface area contributed by atoms with E-state index in [-0.39, 0.29) is 11.9 Å². The largest absolute Gasteiger partial charge is 0.472 e. The number of carbonyl (C=O) groups excluding carboxylic acids is 1. The quantitative estimate of drug-likeness (QED) is 0.758. The van der Waals surface area contributed by atoms with Gasteiger partial charge in [-0.15, -0.1) is 0 Å². The van der Waals surface area contributed by atoms with Crippen LogP contribution in [0.3, 0.4) is 0 Å². The molecule has 1 aromatic rings. The number of hydrogen-bond donors (Lipinski definition) is 0. The van der Waals surface area contributed by atoms with Gasteiger partial charge in [-0.25, -0.2) is 0 Å². The highest BCUT2D eigenvalue weighted by Gasteiger charge is 2.29. The average molecular weight is 209 g/mol. The molecule has 1 aliphatic rings. The second-order valence-electron chi connectivity index (χ2n) is 3.76. The van der Waals surface area contributed by atoms with E-state index in [9.17, 15) is 4.79 Å². The molecule has 2 rings (SSSR count). The Labute approximate surface area is 88.8 Å². The van der Waals surface area contributed by atoms with Gasteiger partial charge in [-0.3, -0.25) is 4.79 Å². The van der Waals surface area contributed by atoms with Crippen LogP contribution >= 0.6 is 0 Å². The molecule has 1 amide bonds. The van der Waals surface area contributed by atoms with Crippen LogP contribution in [0.15, 0.2) is 23.0 Å². The molecule has 4 nitrogen and oxygen atoms in total. The monoisotopic (exact) mass is 209 g/mol. The molecule has 1 saturated heterocycles. The van der Waals surface area contributed by atoms with Gasteiger partial charge in [-0.1, -0.05) is 0 Å². The summed E-state index contributed by atoms with van der Waals surface area (Å²) in [6.45, 7) is 1.43. The molecular formula is C11H15NO3. The summed E-state index contributed by atoms with van der Waals surface area (Å²) in [5.41, 5.74) is 0.623. The van der Waals surface area contributed by atoms with E-state index in [2.05, 4.69) is 0 Å². The normalized spacial score (nSPS) is 20.9. The van der Waals surface area contributed by atoms with Crippen LogP contribution in [-0.4, -0.2) is 37.1 Å². The Bertz CT molecular complexity index is 321. The van der Waals surface area contributed by atoms with Crippen LogP contribution in [0.4, 0.5) is 0 Å². The van der Waals surface area contributed by atoms with E-state index in [0.717, 1.165) is 19.4 Å². The third-order valence-corrected chi connectivity index (χ3v) is 2.77. The van der Waals surface area contributed by atoms with Gasteiger partial charge >= 0.3 is 0 Å². The van der Waals surface area contributed by atoms with Gasteiger partial charge in [0.2, 0.25) is 0 Å². The van der Waals surface area contributed by atoms with Crippen molar-refractivity contribution in [1.82, 2.24) is 4.90 Å². The number of nitrogens with zero attached hydrogens (tertiary/aromatic N) is 1. The van der Waals surface area contributed by atoms with Crippen LogP contribution < -0.4 is 0 Å². The van der Waals surface area contributed by atoms with Gasteiger partial charge in [0, 0.05) is 13.7 Å². The fraction of sp³-hybridized carbons (Fsp3) is 0.545. The van der Waals surface area contributed by atoms with E-state index in [1.807, 2.05) is 4.90 Å². The minimum Gasteiger partial charge on any atom is -0.472 e. The van der Waals surface area contributed by atoms with Gasteiger partial charge in [0.15, 0.2) is 0 Å². The molecule has 0 radical (unpaired) electrons. The second kappa shape index (κ2) is 4.49. The van der Waals surface area contributed by atoms with Crippen molar-refractivity contribution in [2.45, 2.75) is 18.9 Å². The van der Waals surface area contributed by atoms with Crippen LogP contribution in [0.25, 0.3) is 0 Å². The molecular weight excluding hydrogens is 194 g/mol. The molecule has 1 fully saturated rings. The Hall–Kier alpha value is -1.29. The lowest BCUT2D eigenvalue weighted by Gasteiger charge is -2.23. The van der Waals surface area contributed by atoms with Crippen LogP contribution in [0.2, 0.25) is 0 Å². The molecule has 1 unspecified atom stereocenters. The topological polar surface area (TPSA) is 42.7 Å². The number of carbonyl (C=O) groups is 1. The molecule has 0 aromatic carbocycles. The van der Waals surface area contributed by atoms with Crippen molar-refractivity contribution in [2.75, 3.05) is 20.3 Å². The summed E-state index contributed by atoms with van der Waals surface area (Å²) in [5, 5.41) is 0. The third kappa shape index (κ3) is 2.04. The summed E-state index contributed by atoms with van der Waals surface area (Å²) in [5.74, 6) is 0.0447. The van der Waals surface area contributed by atoms with E-state index in [1.165, 1.54) is 12.5 Å². The molecule has 15 heavy (non-hydrogen) atoms. The fourth-order valence-electron chi connectivity index (χ4n) is 2.02. The van der Waals surface area contributed by atoms with Crippen LogP contribution in [0.1, 0.15) is 23.2 Å². The lowest BCUT2D eigenvalue weighted by molar-refractivity contribution is 0.0630. The molecule has 0 N–H and O–H groups in total. The number of ether oxygens (including phenoxy) is 1. The zero-order valence-corrected chi connectivity index (χ0v) is 8.81. The molecule has 0 aliphatic carbocycles. The Morgan fingerprint density at radius 3 is 3.27 bits per heavy atom. The van der Waals surface area contributed by atoms with E-state index in [1.54, 1.807) is 13.2 Å². The first-order valence-corrected chi connectivity index (χ1v) is 5.15. The molecule has 0 saturated carbocycles. The van der Waals surface area contributed by atoms with Gasteiger partial charge < -0.3 is 14.1 Å². The Balaban J connectivity index is 2.06. The third-order valence-electron chi connectivity index (χ3n) is 2.77. The number of methoxy groups -OCH3 is 1. The molecule has 0 bridgehead atoms. The maximum absolute atomic E-state index is 12.0. The summed E-state index contributed by atoms with van der Waals surface area (Å²) >= 11 is 0. The van der Waals surface area contributed by atoms with Crippen molar-refractivity contribution >= 4 is 5.91 Å². The minimum atomic E-state index is 0.0447. The zero-order valence-electron chi connectivity index (χ0n) is 8.81. The summed E-state index contributed by atoms with van der Waals surface area (Å²) < 4.78 is 10.0. The predicted octanol–water partition coefficient (Wildman–Crippen LogP) is 1.53. The summed E-state index contributed by atoms with van der Waals surface area (Å²) in [4.78, 5) is 13.9. The van der Waals surface area contributed by atoms with E-state index in [4.69, 9.17) is 9.15 Å². The molecule has 2 heterocycles. The number of rotatable bonds is 3. The minimum absolute atomic E-state index is 0.0447. The Kier molecular flexibility index (Phi) is 3.06. The van der Waals surface area contributed by atoms with Crippen molar-refractivity contribution in [3.63, 3.8) is 0 Å². The van der Waals surface area contributed by atoms with Gasteiger partial charge in [0.1, 0.15) is 6.26 Å². The highest BCUT2D eigenvalue weighted by atomic mass is 16.5. The zero-order chi connectivity index (χ0) is 10.7. The van der Waals surface area contributed by atoms with Crippen molar-refractivity contribution < 1.29 is 13.9 Å². The Morgan fingerprint density at radius 1 is 1.73 bits per heavy atom. The first kappa shape index (κ1) is 10.2. The standard InChI is InChI=1S/C11H15NO3/c1-14-8-10-3-2-5-12(10)11(13)9-4-6-15-7-9/h4,6-7,10H,2-3,5,8H2,1H3. The molecule has 4 heteroatoms. The highest BCUT2D eigenvalue weighted by molar-refractivity contribution is 5.94. The van der Waals surface area contributed by atoms with Gasteiger partial charge in [-0.2, -0.15) is 0 Å². The number of hydrogen-bond acceptors (Lipinski definition) is 3. The van der Waals surface area contributed by atoms with E-state index in [0.29, 0.717) is 12.2 Å². The highest BCUT2D eigenvalue weighted by Crippen LogP contribution is 2.20. The molecule has 1 atom stereocenters. The second-order valence-corrected chi connectivity index (χ2v) is 3.76. The lowest BCUT2D eigenvalue weighted by atomic mass is 10.2. The maximum Gasteiger partial charge on any atom is 0.257 e. The van der Waals surface area contributed by atoms with E-state index >= 15 is 0 Å². The number of furan rings is 1. The maximum atomic E-state index is 12.0. The molecule has 1 aliphatic heterocycles. The van der Waals surface area contributed by atoms with Crippen molar-refractivity contribution in [3.05, 3.63) is 24.2 Å². The Morgan fingerprint density at radius 2 is 2.60 bits per heavy atom. The molecule has 82 valence electrons. The summed E-state index contributed by atoms with van der Waals surface area (Å²) in [6.07, 6.45) is 5.09. The summed E-state index contributed by atoms with van der Waals surface area (Å²) in [7, 11) is 1.67. The van der Waals surface area contributed by atoms with Crippen LogP contribution in [-0.2, 0) is 4.74 Å². The van der Waals surface area contributed by atoms with Gasteiger partial charge in [0.25, 0.3) is 5.91 Å². The van der Waals surface area contributed by atoms with E-state index < -0.39 is 0 Å². The average Bonchev–Trinajstić information content (AvgIpc) is 2.87. The first-order valence-electron chi connectivity index (χ1n) is 5.15. The van der Waals surface area contributed by atoms with Crippen molar-refractivity contribution in [2.24, 2.45) is 0 Å². The van der Waals surface area contributed by atoms with Crippen LogP contribution in [0, 0.1) is 0 Å². The van der Waals surface area contributed by atoms with Crippen molar-refractivity contribution in [1.29, 1.82) is 0 Å². The lowest BCUT2D eigenvalue weighted by Crippen LogP contribution is -2.37. The van der Waals surface area contributed by atoms with Gasteiger partial charge in [-0.05, 0) is 18.9 Å². The smallest absolute Gasteiger partial charge is 0.257 e. The predicted molar refractivity (Wildman–Crippen MR) is 54.6 cm³/mol.